The van der Waals surface area contributed by atoms with E-state index in [0.29, 0.717) is 17.7 Å². The molecule has 2 aromatic rings. The maximum absolute atomic E-state index is 12.3. The average molecular weight is 376 g/mol. The molecule has 27 heavy (non-hydrogen) atoms. The van der Waals surface area contributed by atoms with Gasteiger partial charge in [-0.15, -0.1) is 0 Å². The molecule has 1 aromatic carbocycles. The number of hydrogen-bond donors (Lipinski definition) is 1. The third kappa shape index (κ3) is 5.07. The number of esters is 1. The largest absolute Gasteiger partial charge is 0.440 e. The van der Waals surface area contributed by atoms with Crippen LogP contribution < -0.4 is 16.0 Å². The lowest BCUT2D eigenvalue weighted by Gasteiger charge is -2.19. The summed E-state index contributed by atoms with van der Waals surface area (Å²) >= 11 is 0. The van der Waals surface area contributed by atoms with E-state index in [0.717, 1.165) is 11.1 Å². The van der Waals surface area contributed by atoms with Crippen molar-refractivity contribution in [1.82, 2.24) is 9.55 Å². The van der Waals surface area contributed by atoms with Crippen LogP contribution in [0, 0.1) is 13.8 Å². The molecule has 1 unspecified atom stereocenters. The van der Waals surface area contributed by atoms with Crippen LogP contribution in [0.5, 0.6) is 11.6 Å². The first-order chi connectivity index (χ1) is 12.7. The second kappa shape index (κ2) is 8.68. The van der Waals surface area contributed by atoms with Crippen LogP contribution in [0.1, 0.15) is 37.5 Å². The minimum atomic E-state index is -0.861. The van der Waals surface area contributed by atoms with Crippen LogP contribution in [-0.4, -0.2) is 21.8 Å². The van der Waals surface area contributed by atoms with Crippen LogP contribution >= 0.6 is 0 Å². The van der Waals surface area contributed by atoms with E-state index in [-0.39, 0.29) is 12.6 Å². The Morgan fingerprint density at radius 1 is 1.26 bits per heavy atom. The number of benzene rings is 1. The van der Waals surface area contributed by atoms with Gasteiger partial charge in [-0.25, -0.2) is 9.36 Å². The molecule has 1 heterocycles. The van der Waals surface area contributed by atoms with Gasteiger partial charge in [0, 0.05) is 6.92 Å². The zero-order valence-corrected chi connectivity index (χ0v) is 16.1. The predicted octanol–water partition coefficient (Wildman–Crippen LogP) is 2.39. The standard InChI is InChI=1S/C19H24N2O6/c1-6-15-17(23)20-19(24)21(10-25-14(5)26-13(4)22)18(15)27-16-8-7-11(2)9-12(16)3/h7-9,14H,6,10H2,1-5H3,(H,20,23,24). The van der Waals surface area contributed by atoms with Gasteiger partial charge in [0.2, 0.25) is 12.2 Å². The lowest BCUT2D eigenvalue weighted by atomic mass is 10.1. The summed E-state index contributed by atoms with van der Waals surface area (Å²) in [7, 11) is 0. The molecule has 1 atom stereocenters. The molecule has 8 heteroatoms. The Balaban J connectivity index is 2.44. The van der Waals surface area contributed by atoms with Gasteiger partial charge >= 0.3 is 11.7 Å². The number of aryl methyl sites for hydroxylation is 2. The van der Waals surface area contributed by atoms with Crippen molar-refractivity contribution < 1.29 is 19.0 Å². The number of rotatable bonds is 7. The van der Waals surface area contributed by atoms with Crippen LogP contribution in [0.25, 0.3) is 0 Å². The summed E-state index contributed by atoms with van der Waals surface area (Å²) in [5.41, 5.74) is 1.07. The highest BCUT2D eigenvalue weighted by atomic mass is 16.7. The molecule has 0 fully saturated rings. The molecule has 1 aromatic heterocycles. The molecule has 0 aliphatic rings. The molecular weight excluding hydrogens is 352 g/mol. The number of carbonyl (C=O) groups is 1. The van der Waals surface area contributed by atoms with E-state index in [2.05, 4.69) is 4.98 Å². The maximum atomic E-state index is 12.3. The molecule has 1 N–H and O–H groups in total. The molecule has 0 saturated carbocycles. The van der Waals surface area contributed by atoms with Crippen molar-refractivity contribution in [3.8, 4) is 11.6 Å². The zero-order valence-electron chi connectivity index (χ0n) is 16.1. The van der Waals surface area contributed by atoms with Gasteiger partial charge in [0.25, 0.3) is 5.56 Å². The molecule has 0 amide bonds. The van der Waals surface area contributed by atoms with Gasteiger partial charge in [0.05, 0.1) is 5.56 Å². The molecule has 0 spiro atoms. The summed E-state index contributed by atoms with van der Waals surface area (Å²) in [6, 6.07) is 5.60. The van der Waals surface area contributed by atoms with Crippen molar-refractivity contribution in [3.63, 3.8) is 0 Å². The van der Waals surface area contributed by atoms with E-state index in [1.54, 1.807) is 13.0 Å². The fourth-order valence-electron chi connectivity index (χ4n) is 2.60. The van der Waals surface area contributed by atoms with Crippen molar-refractivity contribution in [2.24, 2.45) is 0 Å². The van der Waals surface area contributed by atoms with Gasteiger partial charge < -0.3 is 14.2 Å². The molecule has 0 aliphatic carbocycles. The second-order valence-electron chi connectivity index (χ2n) is 6.17. The number of nitrogens with one attached hydrogen (secondary N) is 1. The first-order valence-electron chi connectivity index (χ1n) is 8.62. The van der Waals surface area contributed by atoms with E-state index in [4.69, 9.17) is 14.2 Å². The van der Waals surface area contributed by atoms with E-state index < -0.39 is 23.5 Å². The number of ether oxygens (including phenoxy) is 3. The van der Waals surface area contributed by atoms with Crippen LogP contribution in [0.3, 0.4) is 0 Å². The van der Waals surface area contributed by atoms with Crippen LogP contribution in [-0.2, 0) is 27.4 Å². The number of aromatic nitrogens is 2. The monoisotopic (exact) mass is 376 g/mol. The Labute approximate surface area is 156 Å². The molecular formula is C19H24N2O6. The van der Waals surface area contributed by atoms with E-state index >= 15 is 0 Å². The molecule has 146 valence electrons. The number of hydrogen-bond acceptors (Lipinski definition) is 6. The fourth-order valence-corrected chi connectivity index (χ4v) is 2.60. The SMILES string of the molecule is CCc1c(Oc2ccc(C)cc2C)n(COC(C)OC(C)=O)c(=O)[nH]c1=O. The van der Waals surface area contributed by atoms with Crippen molar-refractivity contribution >= 4 is 5.97 Å². The molecule has 0 radical (unpaired) electrons. The fraction of sp³-hybridized carbons (Fsp3) is 0.421. The van der Waals surface area contributed by atoms with E-state index in [1.165, 1.54) is 18.4 Å². The number of H-pyrrole nitrogens is 1. The first kappa shape index (κ1) is 20.4. The van der Waals surface area contributed by atoms with Crippen LogP contribution in [0.4, 0.5) is 0 Å². The summed E-state index contributed by atoms with van der Waals surface area (Å²) in [5.74, 6) is 0.132. The highest BCUT2D eigenvalue weighted by Gasteiger charge is 2.18. The van der Waals surface area contributed by atoms with Gasteiger partial charge in [-0.3, -0.25) is 14.6 Å². The first-order valence-corrected chi connectivity index (χ1v) is 8.62. The molecule has 0 saturated heterocycles. The predicted molar refractivity (Wildman–Crippen MR) is 99.0 cm³/mol. The number of carbonyl (C=O) groups excluding carboxylic acids is 1. The maximum Gasteiger partial charge on any atom is 0.333 e. The Hall–Kier alpha value is -2.87. The molecule has 8 nitrogen and oxygen atoms in total. The second-order valence-corrected chi connectivity index (χ2v) is 6.17. The third-order valence-corrected chi connectivity index (χ3v) is 3.90. The summed E-state index contributed by atoms with van der Waals surface area (Å²) in [6.45, 7) is 8.16. The Morgan fingerprint density at radius 2 is 1.96 bits per heavy atom. The van der Waals surface area contributed by atoms with Crippen molar-refractivity contribution in [3.05, 3.63) is 55.7 Å². The third-order valence-electron chi connectivity index (χ3n) is 3.90. The van der Waals surface area contributed by atoms with Crippen molar-refractivity contribution in [2.45, 2.75) is 54.1 Å². The van der Waals surface area contributed by atoms with Gasteiger partial charge in [-0.2, -0.15) is 0 Å². The van der Waals surface area contributed by atoms with Crippen molar-refractivity contribution in [1.29, 1.82) is 0 Å². The zero-order chi connectivity index (χ0) is 20.1. The lowest BCUT2D eigenvalue weighted by molar-refractivity contribution is -0.179. The van der Waals surface area contributed by atoms with Gasteiger partial charge in [0.15, 0.2) is 0 Å². The normalized spacial score (nSPS) is 11.9. The highest BCUT2D eigenvalue weighted by Crippen LogP contribution is 2.27. The Kier molecular flexibility index (Phi) is 6.57. The Bertz CT molecular complexity index is 944. The number of aromatic amines is 1. The minimum Gasteiger partial charge on any atom is -0.440 e. The van der Waals surface area contributed by atoms with Crippen LogP contribution in [0.15, 0.2) is 27.8 Å². The lowest BCUT2D eigenvalue weighted by Crippen LogP contribution is -2.34. The smallest absolute Gasteiger partial charge is 0.333 e. The molecule has 0 aliphatic heterocycles. The average Bonchev–Trinajstić information content (AvgIpc) is 2.56. The summed E-state index contributed by atoms with van der Waals surface area (Å²) in [6.07, 6.45) is -0.504. The van der Waals surface area contributed by atoms with Crippen molar-refractivity contribution in [2.75, 3.05) is 0 Å². The highest BCUT2D eigenvalue weighted by molar-refractivity contribution is 5.65. The van der Waals surface area contributed by atoms with Crippen LogP contribution in [0.2, 0.25) is 0 Å². The van der Waals surface area contributed by atoms with Gasteiger partial charge in [-0.05, 0) is 38.8 Å². The number of nitrogens with zero attached hydrogens (tertiary/aromatic N) is 1. The van der Waals surface area contributed by atoms with Gasteiger partial charge in [0.1, 0.15) is 12.5 Å². The topological polar surface area (TPSA) is 99.6 Å². The Morgan fingerprint density at radius 3 is 2.56 bits per heavy atom. The van der Waals surface area contributed by atoms with Gasteiger partial charge in [-0.1, -0.05) is 24.6 Å². The molecule has 2 rings (SSSR count). The minimum absolute atomic E-state index is 0.105. The summed E-state index contributed by atoms with van der Waals surface area (Å²) in [4.78, 5) is 37.8. The summed E-state index contributed by atoms with van der Waals surface area (Å²) < 4.78 is 17.4. The van der Waals surface area contributed by atoms with E-state index in [9.17, 15) is 14.4 Å². The molecule has 0 bridgehead atoms. The van der Waals surface area contributed by atoms with E-state index in [1.807, 2.05) is 26.0 Å². The summed E-state index contributed by atoms with van der Waals surface area (Å²) in [5, 5.41) is 0. The quantitative estimate of drug-likeness (QED) is 0.588.